The van der Waals surface area contributed by atoms with Gasteiger partial charge in [-0.15, -0.1) is 0 Å². The van der Waals surface area contributed by atoms with E-state index in [9.17, 15) is 26.4 Å². The number of carbonyl (C=O) groups excluding carboxylic acids is 2. The summed E-state index contributed by atoms with van der Waals surface area (Å²) in [7, 11) is -3.87. The molecule has 0 unspecified atom stereocenters. The molecule has 1 heterocycles. The van der Waals surface area contributed by atoms with Crippen molar-refractivity contribution in [1.82, 2.24) is 4.57 Å². The van der Waals surface area contributed by atoms with Crippen LogP contribution in [0.4, 0.5) is 18.9 Å². The molecule has 0 saturated carbocycles. The number of hydrogen-bond donors (Lipinski definition) is 4. The minimum absolute atomic E-state index is 0.0391. The fraction of sp³-hybridized carbons (Fsp3) is 0.0385. The molecule has 208 valence electrons. The zero-order valence-corrected chi connectivity index (χ0v) is 21.2. The number of anilines is 1. The molecule has 7 N–H and O–H groups in total. The molecular weight excluding hydrogens is 551 g/mol. The Labute approximate surface area is 226 Å². The molecule has 0 bridgehead atoms. The van der Waals surface area contributed by atoms with Crippen molar-refractivity contribution in [2.24, 2.45) is 10.9 Å². The van der Waals surface area contributed by atoms with Crippen molar-refractivity contribution in [2.45, 2.75) is 11.1 Å². The van der Waals surface area contributed by atoms with Gasteiger partial charge in [0.1, 0.15) is 11.7 Å². The number of nitrogens with zero attached hydrogens (tertiary/aromatic N) is 1. The van der Waals surface area contributed by atoms with Gasteiger partial charge in [0.25, 0.3) is 11.7 Å². The van der Waals surface area contributed by atoms with Gasteiger partial charge in [0.2, 0.25) is 10.0 Å². The van der Waals surface area contributed by atoms with Gasteiger partial charge in [0.05, 0.1) is 10.5 Å². The highest BCUT2D eigenvalue weighted by Crippen LogP contribution is 2.28. The lowest BCUT2D eigenvalue weighted by Gasteiger charge is -2.12. The van der Waals surface area contributed by atoms with Crippen LogP contribution < -0.4 is 26.7 Å². The third-order valence-corrected chi connectivity index (χ3v) is 6.29. The Morgan fingerprint density at radius 1 is 0.925 bits per heavy atom. The number of carboxylic acids is 1. The average Bonchev–Trinajstić information content (AvgIpc) is 3.39. The molecule has 0 fully saturated rings. The minimum Gasteiger partial charge on any atom is -0.542 e. The van der Waals surface area contributed by atoms with E-state index in [1.807, 2.05) is 12.1 Å². The summed E-state index contributed by atoms with van der Waals surface area (Å²) < 4.78 is 57.0. The number of carbonyl (C=O) groups is 2. The summed E-state index contributed by atoms with van der Waals surface area (Å²) in [6.45, 7) is 0. The van der Waals surface area contributed by atoms with E-state index in [-0.39, 0.29) is 16.6 Å². The second-order valence-electron chi connectivity index (χ2n) is 8.13. The monoisotopic (exact) mass is 573 g/mol. The third-order valence-electron chi connectivity index (χ3n) is 5.32. The van der Waals surface area contributed by atoms with Crippen LogP contribution in [0.5, 0.6) is 0 Å². The van der Waals surface area contributed by atoms with Crippen molar-refractivity contribution in [3.63, 3.8) is 0 Å². The highest BCUT2D eigenvalue weighted by atomic mass is 32.2. The molecule has 0 aliphatic heterocycles. The van der Waals surface area contributed by atoms with Crippen LogP contribution >= 0.6 is 0 Å². The quantitative estimate of drug-likeness (QED) is 0.195. The molecule has 0 atom stereocenters. The number of amides is 1. The first-order valence-electron chi connectivity index (χ1n) is 11.2. The van der Waals surface area contributed by atoms with Crippen LogP contribution in [-0.4, -0.2) is 36.9 Å². The van der Waals surface area contributed by atoms with Crippen LogP contribution in [0, 0.1) is 0 Å². The Morgan fingerprint density at radius 2 is 1.55 bits per heavy atom. The Hall–Kier alpha value is -4.95. The summed E-state index contributed by atoms with van der Waals surface area (Å²) in [5, 5.41) is 22.7. The van der Waals surface area contributed by atoms with Crippen molar-refractivity contribution in [3.8, 4) is 16.8 Å². The van der Waals surface area contributed by atoms with Gasteiger partial charge in [-0.05, 0) is 54.1 Å². The maximum absolute atomic E-state index is 12.9. The van der Waals surface area contributed by atoms with E-state index in [1.165, 1.54) is 6.07 Å². The molecule has 4 rings (SSSR count). The van der Waals surface area contributed by atoms with Crippen molar-refractivity contribution in [3.05, 3.63) is 102 Å². The number of benzene rings is 3. The first-order chi connectivity index (χ1) is 18.7. The highest BCUT2D eigenvalue weighted by molar-refractivity contribution is 7.89. The Bertz CT molecular complexity index is 1670. The van der Waals surface area contributed by atoms with E-state index in [4.69, 9.17) is 26.2 Å². The number of carboxylic acid groups (broad SMARTS) is 1. The van der Waals surface area contributed by atoms with Crippen LogP contribution in [0.1, 0.15) is 16.1 Å². The first-order valence-corrected chi connectivity index (χ1v) is 12.7. The number of alkyl halides is 3. The van der Waals surface area contributed by atoms with Crippen LogP contribution in [0.2, 0.25) is 0 Å². The normalized spacial score (nSPS) is 11.2. The predicted octanol–water partition coefficient (Wildman–Crippen LogP) is 0.807. The van der Waals surface area contributed by atoms with Gasteiger partial charge in [-0.25, -0.2) is 13.6 Å². The molecule has 0 spiro atoms. The van der Waals surface area contributed by atoms with E-state index in [2.05, 4.69) is 5.32 Å². The molecule has 40 heavy (non-hydrogen) atoms. The SMILES string of the molecule is NC(=[NH2+])c1cccc(-n2cccc2C(=O)Nc2ccc(-c3ccccc3S(N)(=O)=O)cc2)c1.O=C([O-])C(F)(F)F. The number of nitrogens with two attached hydrogens (primary N) is 3. The van der Waals surface area contributed by atoms with Gasteiger partial charge >= 0.3 is 6.18 Å². The zero-order chi connectivity index (χ0) is 29.7. The molecule has 3 aromatic carbocycles. The highest BCUT2D eigenvalue weighted by Gasteiger charge is 2.28. The lowest BCUT2D eigenvalue weighted by molar-refractivity contribution is -0.344. The van der Waals surface area contributed by atoms with Gasteiger partial charge in [0.15, 0.2) is 0 Å². The van der Waals surface area contributed by atoms with Gasteiger partial charge in [-0.3, -0.25) is 15.9 Å². The summed E-state index contributed by atoms with van der Waals surface area (Å²) in [4.78, 5) is 21.8. The zero-order valence-electron chi connectivity index (χ0n) is 20.4. The number of aromatic nitrogens is 1. The van der Waals surface area contributed by atoms with E-state index in [0.29, 0.717) is 28.1 Å². The topological polar surface area (TPSA) is 186 Å². The standard InChI is InChI=1S/C24H21N5O3S.C2HF3O2/c25-23(26)17-5-3-6-19(15-17)29-14-4-8-21(29)24(30)28-18-12-10-16(11-13-18)20-7-1-2-9-22(20)33(27,31)32;3-2(4,5)1(6)7/h1-15H,(H3,25,26)(H,28,30)(H2,27,31,32);(H,6,7). The summed E-state index contributed by atoms with van der Waals surface area (Å²) in [6, 6.07) is 24.0. The maximum atomic E-state index is 12.9. The van der Waals surface area contributed by atoms with E-state index in [0.717, 1.165) is 5.69 Å². The van der Waals surface area contributed by atoms with Crippen molar-refractivity contribution >= 4 is 33.4 Å². The van der Waals surface area contributed by atoms with Crippen LogP contribution in [-0.2, 0) is 14.8 Å². The predicted molar refractivity (Wildman–Crippen MR) is 138 cm³/mol. The number of halogens is 3. The lowest BCUT2D eigenvalue weighted by atomic mass is 10.1. The molecule has 0 aliphatic rings. The second-order valence-corrected chi connectivity index (χ2v) is 9.66. The molecule has 0 aliphatic carbocycles. The number of amidine groups is 1. The first kappa shape index (κ1) is 29.6. The second kappa shape index (κ2) is 11.8. The summed E-state index contributed by atoms with van der Waals surface area (Å²) in [5.74, 6) is -3.13. The Morgan fingerprint density at radius 3 is 2.12 bits per heavy atom. The fourth-order valence-corrected chi connectivity index (χ4v) is 4.27. The lowest BCUT2D eigenvalue weighted by Crippen LogP contribution is -2.46. The minimum atomic E-state index is -5.19. The number of rotatable bonds is 6. The summed E-state index contributed by atoms with van der Waals surface area (Å²) in [5.41, 5.74) is 9.23. The van der Waals surface area contributed by atoms with E-state index >= 15 is 0 Å². The fourth-order valence-electron chi connectivity index (χ4n) is 3.51. The number of aliphatic carboxylic acids is 1. The van der Waals surface area contributed by atoms with Crippen molar-refractivity contribution < 1.29 is 41.7 Å². The van der Waals surface area contributed by atoms with E-state index in [1.54, 1.807) is 77.5 Å². The molecule has 10 nitrogen and oxygen atoms in total. The van der Waals surface area contributed by atoms with E-state index < -0.39 is 22.2 Å². The number of primary sulfonamides is 1. The van der Waals surface area contributed by atoms with Crippen molar-refractivity contribution in [1.29, 1.82) is 0 Å². The van der Waals surface area contributed by atoms with Gasteiger partial charge in [-0.2, -0.15) is 13.2 Å². The Balaban J connectivity index is 0.000000559. The Kier molecular flexibility index (Phi) is 8.76. The molecule has 14 heteroatoms. The maximum Gasteiger partial charge on any atom is 0.430 e. The summed E-state index contributed by atoms with van der Waals surface area (Å²) in [6.07, 6.45) is -3.42. The van der Waals surface area contributed by atoms with Gasteiger partial charge < -0.3 is 19.8 Å². The van der Waals surface area contributed by atoms with Crippen molar-refractivity contribution in [2.75, 3.05) is 5.32 Å². The number of sulfonamides is 1. The molecule has 4 aromatic rings. The third kappa shape index (κ3) is 7.33. The molecule has 0 radical (unpaired) electrons. The van der Waals surface area contributed by atoms with Crippen LogP contribution in [0.15, 0.2) is 96.0 Å². The van der Waals surface area contributed by atoms with Gasteiger partial charge in [-0.1, -0.05) is 36.4 Å². The molecule has 1 aromatic heterocycles. The smallest absolute Gasteiger partial charge is 0.430 e. The number of nitrogens with one attached hydrogen (secondary N) is 1. The molecule has 1 amide bonds. The largest absolute Gasteiger partial charge is 0.542 e. The number of hydrogen-bond acceptors (Lipinski definition) is 5. The van der Waals surface area contributed by atoms with Gasteiger partial charge in [0, 0.05) is 23.1 Å². The average molecular weight is 574 g/mol. The summed E-state index contributed by atoms with van der Waals surface area (Å²) >= 11 is 0. The van der Waals surface area contributed by atoms with Crippen LogP contribution in [0.3, 0.4) is 0 Å². The molecule has 0 saturated heterocycles. The van der Waals surface area contributed by atoms with Crippen LogP contribution in [0.25, 0.3) is 16.8 Å². The molecular formula is C26H22F3N5O5S.